The number of aliphatic carboxylic acids is 1. The summed E-state index contributed by atoms with van der Waals surface area (Å²) in [6.45, 7) is 2.73. The zero-order valence-corrected chi connectivity index (χ0v) is 13.6. The van der Waals surface area contributed by atoms with Crippen LogP contribution in [-0.2, 0) is 14.4 Å². The molecule has 1 aromatic rings. The van der Waals surface area contributed by atoms with E-state index in [1.165, 1.54) is 30.9 Å². The highest BCUT2D eigenvalue weighted by Gasteiger charge is 2.56. The quantitative estimate of drug-likeness (QED) is 0.709. The highest BCUT2D eigenvalue weighted by Crippen LogP contribution is 2.47. The average Bonchev–Trinajstić information content (AvgIpc) is 2.84. The molecule has 0 saturated carbocycles. The molecule has 0 unspecified atom stereocenters. The van der Waals surface area contributed by atoms with Crippen molar-refractivity contribution in [2.75, 3.05) is 5.32 Å². The van der Waals surface area contributed by atoms with Gasteiger partial charge in [-0.3, -0.25) is 9.59 Å². The highest BCUT2D eigenvalue weighted by molar-refractivity contribution is 6.06. The maximum atomic E-state index is 13.8. The molecule has 0 radical (unpaired) electrons. The third kappa shape index (κ3) is 2.68. The Kier molecular flexibility index (Phi) is 4.08. The zero-order chi connectivity index (χ0) is 18.5. The van der Waals surface area contributed by atoms with Crippen molar-refractivity contribution < 1.29 is 29.0 Å². The number of aliphatic hydroxyl groups excluding tert-OH is 1. The number of anilines is 1. The van der Waals surface area contributed by atoms with Crippen molar-refractivity contribution in [3.05, 3.63) is 35.3 Å². The number of carbonyl (C=O) groups excluding carboxylic acids is 2. The largest absolute Gasteiger partial charge is 0.477 e. The summed E-state index contributed by atoms with van der Waals surface area (Å²) in [4.78, 5) is 36.2. The van der Waals surface area contributed by atoms with Gasteiger partial charge in [-0.15, -0.1) is 0 Å². The second-order valence-corrected chi connectivity index (χ2v) is 6.25. The van der Waals surface area contributed by atoms with E-state index in [2.05, 4.69) is 5.32 Å². The molecular formula is C17H17FN2O5. The van der Waals surface area contributed by atoms with Crippen LogP contribution in [0.2, 0.25) is 0 Å². The number of amides is 2. The highest BCUT2D eigenvalue weighted by atomic mass is 19.1. The number of rotatable bonds is 4. The first-order chi connectivity index (χ1) is 11.7. The minimum absolute atomic E-state index is 0.0603. The van der Waals surface area contributed by atoms with Gasteiger partial charge in [0.2, 0.25) is 11.8 Å². The number of hydrogen-bond acceptors (Lipinski definition) is 4. The molecule has 0 bridgehead atoms. The van der Waals surface area contributed by atoms with Crippen LogP contribution in [0.15, 0.2) is 23.9 Å². The van der Waals surface area contributed by atoms with E-state index in [1.54, 1.807) is 0 Å². The fourth-order valence-electron chi connectivity index (χ4n) is 3.53. The number of aliphatic hydroxyl groups is 1. The molecule has 2 aliphatic heterocycles. The lowest BCUT2D eigenvalue weighted by molar-refractivity contribution is -0.161. The van der Waals surface area contributed by atoms with Crippen molar-refractivity contribution in [3.63, 3.8) is 0 Å². The molecule has 3 atom stereocenters. The summed E-state index contributed by atoms with van der Waals surface area (Å²) in [5.74, 6) is -3.45. The van der Waals surface area contributed by atoms with Gasteiger partial charge in [-0.2, -0.15) is 0 Å². The minimum Gasteiger partial charge on any atom is -0.477 e. The third-order valence-electron chi connectivity index (χ3n) is 4.56. The number of carboxylic acids is 1. The molecular weight excluding hydrogens is 331 g/mol. The number of carbonyl (C=O) groups is 3. The van der Waals surface area contributed by atoms with Crippen molar-refractivity contribution in [2.45, 2.75) is 32.4 Å². The first kappa shape index (κ1) is 17.1. The van der Waals surface area contributed by atoms with Crippen LogP contribution in [0.5, 0.6) is 0 Å². The summed E-state index contributed by atoms with van der Waals surface area (Å²) in [6.07, 6.45) is -0.639. The van der Waals surface area contributed by atoms with Gasteiger partial charge in [0, 0.05) is 6.92 Å². The summed E-state index contributed by atoms with van der Waals surface area (Å²) in [5.41, 5.74) is 0.567. The molecule has 0 aliphatic carbocycles. The maximum absolute atomic E-state index is 13.8. The van der Waals surface area contributed by atoms with Crippen LogP contribution in [0.1, 0.15) is 25.8 Å². The van der Waals surface area contributed by atoms with Crippen LogP contribution in [0, 0.1) is 11.7 Å². The lowest BCUT2D eigenvalue weighted by Gasteiger charge is -2.44. The molecule has 2 amide bonds. The number of carboxylic acid groups (broad SMARTS) is 1. The fourth-order valence-corrected chi connectivity index (χ4v) is 3.53. The second-order valence-electron chi connectivity index (χ2n) is 6.25. The maximum Gasteiger partial charge on any atom is 0.352 e. The summed E-state index contributed by atoms with van der Waals surface area (Å²) in [7, 11) is 0. The summed E-state index contributed by atoms with van der Waals surface area (Å²) in [6, 6.07) is 3.47. The zero-order valence-electron chi connectivity index (χ0n) is 13.6. The van der Waals surface area contributed by atoms with Crippen LogP contribution < -0.4 is 5.32 Å². The fraction of sp³-hybridized carbons (Fsp3) is 0.353. The standard InChI is InChI=1S/C17H17FN2O5/c1-7(21)14-13-6-10(15(17(24)25)20(13)16(14)23)9-3-4-11(18)12(5-9)19-8(2)22/h3-5,7,13-14,21H,6H2,1-2H3,(H,19,22)(H,24,25)/t7-,13-,14-/m1/s1. The van der Waals surface area contributed by atoms with Crippen LogP contribution in [0.25, 0.3) is 5.57 Å². The monoisotopic (exact) mass is 348 g/mol. The van der Waals surface area contributed by atoms with Gasteiger partial charge in [0.05, 0.1) is 23.8 Å². The van der Waals surface area contributed by atoms with Crippen molar-refractivity contribution in [3.8, 4) is 0 Å². The van der Waals surface area contributed by atoms with Crippen molar-refractivity contribution in [1.29, 1.82) is 0 Å². The van der Waals surface area contributed by atoms with Gasteiger partial charge in [0.15, 0.2) is 0 Å². The predicted octanol–water partition coefficient (Wildman–Crippen LogP) is 1.19. The van der Waals surface area contributed by atoms with E-state index in [0.717, 1.165) is 6.07 Å². The first-order valence-electron chi connectivity index (χ1n) is 7.77. The normalized spacial score (nSPS) is 23.2. The number of fused-ring (bicyclic) bond motifs is 1. The third-order valence-corrected chi connectivity index (χ3v) is 4.56. The van der Waals surface area contributed by atoms with Crippen molar-refractivity contribution in [1.82, 2.24) is 4.90 Å². The van der Waals surface area contributed by atoms with Gasteiger partial charge in [-0.1, -0.05) is 6.07 Å². The van der Waals surface area contributed by atoms with Crippen LogP contribution in [-0.4, -0.2) is 45.0 Å². The lowest BCUT2D eigenvalue weighted by atomic mass is 9.82. The Morgan fingerprint density at radius 1 is 1.40 bits per heavy atom. The molecule has 25 heavy (non-hydrogen) atoms. The topological polar surface area (TPSA) is 107 Å². The van der Waals surface area contributed by atoms with E-state index < -0.39 is 41.7 Å². The number of nitrogens with zero attached hydrogens (tertiary/aromatic N) is 1. The Hall–Kier alpha value is -2.74. The van der Waals surface area contributed by atoms with Gasteiger partial charge in [-0.25, -0.2) is 9.18 Å². The van der Waals surface area contributed by atoms with Gasteiger partial charge >= 0.3 is 5.97 Å². The number of halogens is 1. The Morgan fingerprint density at radius 2 is 2.08 bits per heavy atom. The van der Waals surface area contributed by atoms with Gasteiger partial charge in [-0.05, 0) is 36.6 Å². The number of hydrogen-bond donors (Lipinski definition) is 3. The molecule has 3 N–H and O–H groups in total. The van der Waals surface area contributed by atoms with Gasteiger partial charge in [0.1, 0.15) is 11.5 Å². The van der Waals surface area contributed by atoms with E-state index in [1.807, 2.05) is 0 Å². The van der Waals surface area contributed by atoms with Crippen molar-refractivity contribution >= 4 is 29.0 Å². The van der Waals surface area contributed by atoms with Crippen LogP contribution >= 0.6 is 0 Å². The molecule has 1 aromatic carbocycles. The minimum atomic E-state index is -1.26. The summed E-state index contributed by atoms with van der Waals surface area (Å²) in [5, 5.41) is 21.6. The molecule has 8 heteroatoms. The Bertz CT molecular complexity index is 817. The predicted molar refractivity (Wildman–Crippen MR) is 85.7 cm³/mol. The van der Waals surface area contributed by atoms with Gasteiger partial charge < -0.3 is 20.4 Å². The number of β-lactam (4-membered cyclic amide) rings is 1. The average molecular weight is 348 g/mol. The molecule has 132 valence electrons. The molecule has 3 rings (SSSR count). The van der Waals surface area contributed by atoms with E-state index in [0.29, 0.717) is 11.1 Å². The van der Waals surface area contributed by atoms with E-state index >= 15 is 0 Å². The van der Waals surface area contributed by atoms with E-state index in [4.69, 9.17) is 0 Å². The molecule has 0 spiro atoms. The van der Waals surface area contributed by atoms with E-state index in [-0.39, 0.29) is 17.8 Å². The second kappa shape index (κ2) is 5.96. The Morgan fingerprint density at radius 3 is 2.64 bits per heavy atom. The molecule has 2 heterocycles. The Balaban J connectivity index is 2.03. The summed E-state index contributed by atoms with van der Waals surface area (Å²) < 4.78 is 13.8. The molecule has 0 aromatic heterocycles. The molecule has 1 saturated heterocycles. The summed E-state index contributed by atoms with van der Waals surface area (Å²) >= 11 is 0. The Labute approximate surface area is 142 Å². The number of benzene rings is 1. The number of nitrogens with one attached hydrogen (secondary N) is 1. The van der Waals surface area contributed by atoms with Crippen LogP contribution in [0.3, 0.4) is 0 Å². The van der Waals surface area contributed by atoms with Gasteiger partial charge in [0.25, 0.3) is 0 Å². The smallest absolute Gasteiger partial charge is 0.352 e. The van der Waals surface area contributed by atoms with Crippen LogP contribution in [0.4, 0.5) is 10.1 Å². The van der Waals surface area contributed by atoms with Crippen molar-refractivity contribution in [2.24, 2.45) is 5.92 Å². The van der Waals surface area contributed by atoms with E-state index in [9.17, 15) is 29.0 Å². The molecule has 7 nitrogen and oxygen atoms in total. The first-order valence-corrected chi connectivity index (χ1v) is 7.77. The SMILES string of the molecule is CC(=O)Nc1cc(C2=C(C(=O)O)N3C(=O)[C@H]([C@@H](C)O)[C@H]3C2)ccc1F. The molecule has 2 aliphatic rings. The molecule has 1 fully saturated rings. The lowest BCUT2D eigenvalue weighted by Crippen LogP contribution is -2.61.